The minimum atomic E-state index is -0.712. The van der Waals surface area contributed by atoms with Crippen LogP contribution in [0.5, 0.6) is 0 Å². The maximum Gasteiger partial charge on any atom is 0.271 e. The lowest BCUT2D eigenvalue weighted by atomic mass is 10.1. The molecule has 34 heavy (non-hydrogen) atoms. The topological polar surface area (TPSA) is 145 Å². The van der Waals surface area contributed by atoms with Gasteiger partial charge in [0.1, 0.15) is 0 Å². The summed E-state index contributed by atoms with van der Waals surface area (Å²) in [6.07, 6.45) is 0. The Balaban J connectivity index is 1.34. The van der Waals surface area contributed by atoms with E-state index in [1.165, 1.54) is 10.9 Å². The quantitative estimate of drug-likeness (QED) is 0.320. The molecule has 0 fully saturated rings. The van der Waals surface area contributed by atoms with Crippen LogP contribution in [0.4, 0.5) is 5.69 Å². The molecule has 2 N–H and O–H groups in total. The lowest BCUT2D eigenvalue weighted by molar-refractivity contribution is -0.384. The van der Waals surface area contributed by atoms with Gasteiger partial charge in [0.25, 0.3) is 17.5 Å². The number of nitro benzene ring substituents is 1. The molecule has 170 valence electrons. The van der Waals surface area contributed by atoms with Crippen molar-refractivity contribution in [1.82, 2.24) is 31.1 Å². The third-order valence-corrected chi connectivity index (χ3v) is 5.04. The number of carbonyl (C=O) groups is 2. The second-order valence-electron chi connectivity index (χ2n) is 7.04. The second kappa shape index (κ2) is 9.88. The first-order valence-electron chi connectivity index (χ1n) is 9.87. The Bertz CT molecular complexity index is 1360. The third-order valence-electron chi connectivity index (χ3n) is 4.72. The molecule has 0 saturated carbocycles. The number of nitro groups is 1. The average molecular weight is 478 g/mol. The average Bonchev–Trinajstić information content (AvgIpc) is 3.31. The van der Waals surface area contributed by atoms with E-state index in [2.05, 4.69) is 26.3 Å². The van der Waals surface area contributed by atoms with E-state index in [1.807, 2.05) is 30.3 Å². The number of carbonyl (C=O) groups excluding carboxylic acids is 2. The second-order valence-corrected chi connectivity index (χ2v) is 7.44. The molecule has 12 heteroatoms. The van der Waals surface area contributed by atoms with Crippen LogP contribution in [0, 0.1) is 10.1 Å². The number of hydrazine groups is 1. The molecule has 0 aliphatic rings. The van der Waals surface area contributed by atoms with Crippen LogP contribution in [-0.4, -0.2) is 36.9 Å². The molecule has 3 aromatic carbocycles. The SMILES string of the molecule is O=C(NNC(=O)c1ccc([N+](=O)[O-])cc1Cl)c1ccc(Cn2nnc(-c3ccccc3)n2)cc1. The number of nitrogens with one attached hydrogen (secondary N) is 2. The molecule has 1 aromatic heterocycles. The highest BCUT2D eigenvalue weighted by atomic mass is 35.5. The summed E-state index contributed by atoms with van der Waals surface area (Å²) in [7, 11) is 0. The number of nitrogens with zero attached hydrogens (tertiary/aromatic N) is 5. The van der Waals surface area contributed by atoms with Crippen molar-refractivity contribution in [3.8, 4) is 11.4 Å². The van der Waals surface area contributed by atoms with E-state index >= 15 is 0 Å². The molecule has 0 bridgehead atoms. The number of hydrogen-bond donors (Lipinski definition) is 2. The van der Waals surface area contributed by atoms with Gasteiger partial charge in [-0.25, -0.2) is 0 Å². The van der Waals surface area contributed by atoms with Gasteiger partial charge in [-0.2, -0.15) is 4.80 Å². The largest absolute Gasteiger partial charge is 0.271 e. The van der Waals surface area contributed by atoms with E-state index in [0.29, 0.717) is 17.9 Å². The first kappa shape index (κ1) is 22.6. The van der Waals surface area contributed by atoms with Crippen molar-refractivity contribution in [2.24, 2.45) is 0 Å². The Hall–Kier alpha value is -4.64. The van der Waals surface area contributed by atoms with E-state index in [9.17, 15) is 19.7 Å². The molecule has 0 aliphatic heterocycles. The monoisotopic (exact) mass is 477 g/mol. The number of benzene rings is 3. The Morgan fingerprint density at radius 1 is 0.971 bits per heavy atom. The molecule has 2 amide bonds. The molecular formula is C22H16ClN7O4. The lowest BCUT2D eigenvalue weighted by Gasteiger charge is -2.09. The number of non-ortho nitro benzene ring substituents is 1. The highest BCUT2D eigenvalue weighted by Crippen LogP contribution is 2.22. The lowest BCUT2D eigenvalue weighted by Crippen LogP contribution is -2.41. The highest BCUT2D eigenvalue weighted by molar-refractivity contribution is 6.34. The molecule has 0 atom stereocenters. The van der Waals surface area contributed by atoms with Crippen LogP contribution < -0.4 is 10.9 Å². The van der Waals surface area contributed by atoms with Crippen molar-refractivity contribution in [2.45, 2.75) is 6.54 Å². The summed E-state index contributed by atoms with van der Waals surface area (Å²) in [5.41, 5.74) is 6.26. The van der Waals surface area contributed by atoms with Gasteiger partial charge in [-0.15, -0.1) is 10.2 Å². The Kier molecular flexibility index (Phi) is 6.55. The van der Waals surface area contributed by atoms with Gasteiger partial charge < -0.3 is 0 Å². The van der Waals surface area contributed by atoms with Crippen LogP contribution in [-0.2, 0) is 6.54 Å². The number of halogens is 1. The molecule has 1 heterocycles. The summed E-state index contributed by atoms with van der Waals surface area (Å²) in [5, 5.41) is 23.1. The summed E-state index contributed by atoms with van der Waals surface area (Å²) in [4.78, 5) is 36.2. The predicted molar refractivity (Wildman–Crippen MR) is 122 cm³/mol. The predicted octanol–water partition coefficient (Wildman–Crippen LogP) is 3.02. The van der Waals surface area contributed by atoms with Crippen molar-refractivity contribution >= 4 is 29.1 Å². The van der Waals surface area contributed by atoms with Crippen molar-refractivity contribution in [2.75, 3.05) is 0 Å². The minimum absolute atomic E-state index is 0.0156. The van der Waals surface area contributed by atoms with Gasteiger partial charge in [0.05, 0.1) is 22.1 Å². The van der Waals surface area contributed by atoms with E-state index in [1.54, 1.807) is 24.3 Å². The summed E-state index contributed by atoms with van der Waals surface area (Å²) >= 11 is 5.93. The van der Waals surface area contributed by atoms with E-state index in [-0.39, 0.29) is 16.3 Å². The van der Waals surface area contributed by atoms with Crippen LogP contribution >= 0.6 is 11.6 Å². The van der Waals surface area contributed by atoms with Crippen LogP contribution in [0.1, 0.15) is 26.3 Å². The molecule has 0 aliphatic carbocycles. The van der Waals surface area contributed by atoms with Gasteiger partial charge in [0, 0.05) is 23.3 Å². The molecule has 0 saturated heterocycles. The number of hydrogen-bond acceptors (Lipinski definition) is 7. The first-order chi connectivity index (χ1) is 16.4. The molecule has 0 spiro atoms. The van der Waals surface area contributed by atoms with Crippen molar-refractivity contribution < 1.29 is 14.5 Å². The molecular weight excluding hydrogens is 462 g/mol. The van der Waals surface area contributed by atoms with E-state index in [4.69, 9.17) is 11.6 Å². The van der Waals surface area contributed by atoms with Crippen LogP contribution in [0.15, 0.2) is 72.8 Å². The van der Waals surface area contributed by atoms with Gasteiger partial charge in [-0.1, -0.05) is 54.1 Å². The number of amides is 2. The number of tetrazole rings is 1. The van der Waals surface area contributed by atoms with E-state index in [0.717, 1.165) is 23.3 Å². The molecule has 4 aromatic rings. The fourth-order valence-electron chi connectivity index (χ4n) is 2.99. The minimum Gasteiger partial charge on any atom is -0.267 e. The smallest absolute Gasteiger partial charge is 0.267 e. The van der Waals surface area contributed by atoms with Gasteiger partial charge in [-0.3, -0.25) is 30.6 Å². The number of rotatable bonds is 6. The normalized spacial score (nSPS) is 10.5. The van der Waals surface area contributed by atoms with Crippen LogP contribution in [0.2, 0.25) is 5.02 Å². The Labute approximate surface area is 197 Å². The van der Waals surface area contributed by atoms with Gasteiger partial charge >= 0.3 is 0 Å². The zero-order valence-corrected chi connectivity index (χ0v) is 18.1. The third kappa shape index (κ3) is 5.22. The first-order valence-corrected chi connectivity index (χ1v) is 10.3. The molecule has 11 nitrogen and oxygen atoms in total. The van der Waals surface area contributed by atoms with Crippen molar-refractivity contribution in [1.29, 1.82) is 0 Å². The maximum absolute atomic E-state index is 12.4. The zero-order chi connectivity index (χ0) is 24.1. The summed E-state index contributed by atoms with van der Waals surface area (Å²) < 4.78 is 0. The summed E-state index contributed by atoms with van der Waals surface area (Å²) in [6.45, 7) is 0.358. The van der Waals surface area contributed by atoms with E-state index < -0.39 is 16.7 Å². The van der Waals surface area contributed by atoms with Gasteiger partial charge in [0.15, 0.2) is 0 Å². The zero-order valence-electron chi connectivity index (χ0n) is 17.4. The van der Waals surface area contributed by atoms with Crippen molar-refractivity contribution in [3.63, 3.8) is 0 Å². The van der Waals surface area contributed by atoms with Gasteiger partial charge in [0.2, 0.25) is 5.82 Å². The number of aromatic nitrogens is 4. The molecule has 4 rings (SSSR count). The summed E-state index contributed by atoms with van der Waals surface area (Å²) in [6, 6.07) is 19.5. The molecule has 0 unspecified atom stereocenters. The Morgan fingerprint density at radius 2 is 1.68 bits per heavy atom. The van der Waals surface area contributed by atoms with Crippen LogP contribution in [0.25, 0.3) is 11.4 Å². The Morgan fingerprint density at radius 3 is 2.35 bits per heavy atom. The van der Waals surface area contributed by atoms with Gasteiger partial charge in [-0.05, 0) is 29.0 Å². The standard InChI is InChI=1S/C22H16ClN7O4/c23-19-12-17(30(33)34)10-11-18(19)22(32)26-25-21(31)16-8-6-14(7-9-16)13-29-27-20(24-28-29)15-4-2-1-3-5-15/h1-12H,13H2,(H,25,31)(H,26,32). The summed E-state index contributed by atoms with van der Waals surface area (Å²) in [5.74, 6) is -0.750. The van der Waals surface area contributed by atoms with Crippen molar-refractivity contribution in [3.05, 3.63) is 105 Å². The fourth-order valence-corrected chi connectivity index (χ4v) is 3.25. The fraction of sp³-hybridized carbons (Fsp3) is 0.0455. The maximum atomic E-state index is 12.4. The van der Waals surface area contributed by atoms with Crippen LogP contribution in [0.3, 0.4) is 0 Å². The highest BCUT2D eigenvalue weighted by Gasteiger charge is 2.16. The molecule has 0 radical (unpaired) electrons.